The molecule has 2 aromatic carbocycles. The Labute approximate surface area is 194 Å². The molecule has 176 valence electrons. The molecule has 1 aliphatic heterocycles. The van der Waals surface area contributed by atoms with Crippen LogP contribution in [0.2, 0.25) is 0 Å². The van der Waals surface area contributed by atoms with Crippen LogP contribution in [0.5, 0.6) is 0 Å². The van der Waals surface area contributed by atoms with Gasteiger partial charge in [-0.25, -0.2) is 14.3 Å². The number of alkyl halides is 2. The van der Waals surface area contributed by atoms with Crippen molar-refractivity contribution in [2.75, 3.05) is 26.0 Å². The number of halogens is 2. The van der Waals surface area contributed by atoms with Crippen LogP contribution in [-0.4, -0.2) is 36.5 Å². The predicted molar refractivity (Wildman–Crippen MR) is 127 cm³/mol. The third-order valence-electron chi connectivity index (χ3n) is 6.39. The highest BCUT2D eigenvalue weighted by Gasteiger charge is 2.30. The molecule has 2 N–H and O–H groups in total. The second-order valence-electron chi connectivity index (χ2n) is 9.06. The lowest BCUT2D eigenvalue weighted by Gasteiger charge is -2.33. The van der Waals surface area contributed by atoms with Gasteiger partial charge in [-0.3, -0.25) is 5.01 Å². The number of anilines is 1. The first-order valence-corrected chi connectivity index (χ1v) is 11.6. The van der Waals surface area contributed by atoms with Crippen molar-refractivity contribution in [2.24, 2.45) is 10.2 Å². The zero-order chi connectivity index (χ0) is 23.4. The Kier molecular flexibility index (Phi) is 7.20. The van der Waals surface area contributed by atoms with E-state index < -0.39 is 13.3 Å². The molecule has 2 aliphatic rings. The number of guanidine groups is 1. The molecular formula is C25H32F2N6. The van der Waals surface area contributed by atoms with Crippen LogP contribution in [0.4, 0.5) is 14.5 Å². The van der Waals surface area contributed by atoms with Gasteiger partial charge in [0, 0.05) is 32.9 Å². The molecule has 0 saturated heterocycles. The molecule has 33 heavy (non-hydrogen) atoms. The molecular weight excluding hydrogens is 422 g/mol. The summed E-state index contributed by atoms with van der Waals surface area (Å²) < 4.78 is 26.9. The van der Waals surface area contributed by atoms with E-state index >= 15 is 0 Å². The van der Waals surface area contributed by atoms with Crippen molar-refractivity contribution in [2.45, 2.75) is 58.0 Å². The molecule has 6 nitrogen and oxygen atoms in total. The highest BCUT2D eigenvalue weighted by atomic mass is 19.1. The number of aryl methyl sites for hydroxylation is 2. The van der Waals surface area contributed by atoms with Crippen molar-refractivity contribution in [3.05, 3.63) is 63.7 Å². The van der Waals surface area contributed by atoms with E-state index in [9.17, 15) is 8.78 Å². The molecule has 0 unspecified atom stereocenters. The van der Waals surface area contributed by atoms with Crippen molar-refractivity contribution >= 4 is 11.6 Å². The molecule has 1 atom stereocenters. The van der Waals surface area contributed by atoms with Crippen molar-refractivity contribution in [3.63, 3.8) is 0 Å². The number of nitrogens with zero attached hydrogens (tertiary/aromatic N) is 4. The average molecular weight is 455 g/mol. The van der Waals surface area contributed by atoms with Gasteiger partial charge in [0.2, 0.25) is 0 Å². The lowest BCUT2D eigenvalue weighted by Crippen LogP contribution is -2.34. The van der Waals surface area contributed by atoms with E-state index in [0.29, 0.717) is 17.7 Å². The Balaban J connectivity index is 1.80. The number of hydrazone groups is 1. The molecule has 0 saturated carbocycles. The molecule has 0 fully saturated rings. The number of nitrogens with one attached hydrogen (secondary N) is 2. The lowest BCUT2D eigenvalue weighted by atomic mass is 9.95. The molecule has 0 bridgehead atoms. The van der Waals surface area contributed by atoms with Crippen LogP contribution in [0.3, 0.4) is 0 Å². The first-order valence-electron chi connectivity index (χ1n) is 11.6. The van der Waals surface area contributed by atoms with E-state index in [4.69, 9.17) is 5.53 Å². The molecule has 0 radical (unpaired) electrons. The Morgan fingerprint density at radius 3 is 2.30 bits per heavy atom. The minimum atomic E-state index is -0.648. The van der Waals surface area contributed by atoms with Gasteiger partial charge in [-0.1, -0.05) is 24.3 Å². The third kappa shape index (κ3) is 5.15. The highest BCUT2D eigenvalue weighted by Crippen LogP contribution is 2.39. The summed E-state index contributed by atoms with van der Waals surface area (Å²) in [5, 5.41) is 13.5. The van der Waals surface area contributed by atoms with Crippen LogP contribution < -0.4 is 5.32 Å². The van der Waals surface area contributed by atoms with Crippen LogP contribution in [0.1, 0.15) is 58.7 Å². The van der Waals surface area contributed by atoms with Gasteiger partial charge in [0.1, 0.15) is 13.3 Å². The summed E-state index contributed by atoms with van der Waals surface area (Å²) in [7, 11) is 3.59. The largest absolute Gasteiger partial charge is 0.385 e. The van der Waals surface area contributed by atoms with Crippen LogP contribution in [0.15, 0.2) is 40.5 Å². The van der Waals surface area contributed by atoms with Gasteiger partial charge in [-0.2, -0.15) is 0 Å². The monoisotopic (exact) mass is 454 g/mol. The zero-order valence-corrected chi connectivity index (χ0v) is 19.4. The SMILES string of the molecule is CN(C)/N=C(\N=N)N(Cc1cc(CF)cc(CF)c1)[C@H]1CCCNc2cc3c(cc21)CCC3. The summed E-state index contributed by atoms with van der Waals surface area (Å²) in [5.74, 6) is 0.283. The molecule has 0 amide bonds. The lowest BCUT2D eigenvalue weighted by molar-refractivity contribution is 0.278. The number of benzene rings is 2. The maximum absolute atomic E-state index is 13.5. The quantitative estimate of drug-likeness (QED) is 0.254. The van der Waals surface area contributed by atoms with E-state index in [2.05, 4.69) is 27.7 Å². The summed E-state index contributed by atoms with van der Waals surface area (Å²) in [6.07, 6.45) is 5.17. The normalized spacial score (nSPS) is 17.6. The number of fused-ring (bicyclic) bond motifs is 2. The fourth-order valence-electron chi connectivity index (χ4n) is 4.99. The van der Waals surface area contributed by atoms with Gasteiger partial charge in [-0.15, -0.1) is 10.2 Å². The number of rotatable bonds is 6. The fraction of sp³-hybridized carbons (Fsp3) is 0.480. The maximum Gasteiger partial charge on any atom is 0.262 e. The Morgan fingerprint density at radius 1 is 1.00 bits per heavy atom. The van der Waals surface area contributed by atoms with Gasteiger partial charge in [-0.05, 0) is 71.6 Å². The first-order chi connectivity index (χ1) is 16.0. The van der Waals surface area contributed by atoms with Crippen LogP contribution in [-0.2, 0) is 32.7 Å². The Bertz CT molecular complexity index is 1010. The van der Waals surface area contributed by atoms with Gasteiger partial charge in [0.15, 0.2) is 0 Å². The van der Waals surface area contributed by atoms with Crippen LogP contribution >= 0.6 is 0 Å². The molecule has 1 aliphatic carbocycles. The summed E-state index contributed by atoms with van der Waals surface area (Å²) in [6.45, 7) is -0.0655. The summed E-state index contributed by atoms with van der Waals surface area (Å²) in [6, 6.07) is 9.61. The van der Waals surface area contributed by atoms with Gasteiger partial charge < -0.3 is 10.2 Å². The standard InChI is InChI=1S/C25H32F2N6/c1-32(2)31-25(30-28)33(16-19-10-17(14-26)9-18(11-19)15-27)24-7-4-8-29-23-13-21-6-3-5-20(21)12-22(23)24/h9-13,24,28-29H,3-8,14-16H2,1-2H3/b30-28?,31-25+/t24-/m0/s1. The van der Waals surface area contributed by atoms with Gasteiger partial charge in [0.25, 0.3) is 5.96 Å². The van der Waals surface area contributed by atoms with E-state index in [1.807, 2.05) is 4.90 Å². The second-order valence-corrected chi connectivity index (χ2v) is 9.06. The maximum atomic E-state index is 13.5. The molecule has 4 rings (SSSR count). The van der Waals surface area contributed by atoms with Gasteiger partial charge in [0.05, 0.1) is 6.04 Å². The van der Waals surface area contributed by atoms with Crippen LogP contribution in [0, 0.1) is 5.53 Å². The second kappa shape index (κ2) is 10.3. The fourth-order valence-corrected chi connectivity index (χ4v) is 4.99. The summed E-state index contributed by atoms with van der Waals surface area (Å²) in [5.41, 5.74) is 14.7. The topological polar surface area (TPSA) is 67.1 Å². The Hall–Kier alpha value is -3.03. The first kappa shape index (κ1) is 23.1. The Morgan fingerprint density at radius 2 is 1.67 bits per heavy atom. The molecule has 1 heterocycles. The van der Waals surface area contributed by atoms with E-state index in [1.54, 1.807) is 37.3 Å². The summed E-state index contributed by atoms with van der Waals surface area (Å²) >= 11 is 0. The van der Waals surface area contributed by atoms with E-state index in [1.165, 1.54) is 23.1 Å². The molecule has 0 spiro atoms. The number of hydrogen-bond acceptors (Lipinski definition) is 4. The zero-order valence-electron chi connectivity index (χ0n) is 19.4. The average Bonchev–Trinajstić information content (AvgIpc) is 3.18. The third-order valence-corrected chi connectivity index (χ3v) is 6.39. The molecule has 0 aromatic heterocycles. The van der Waals surface area contributed by atoms with Crippen molar-refractivity contribution in [1.29, 1.82) is 5.53 Å². The van der Waals surface area contributed by atoms with Crippen molar-refractivity contribution in [3.8, 4) is 0 Å². The molecule has 2 aromatic rings. The van der Waals surface area contributed by atoms with Crippen LogP contribution in [0.25, 0.3) is 0 Å². The highest BCUT2D eigenvalue weighted by molar-refractivity contribution is 5.81. The van der Waals surface area contributed by atoms with Crippen molar-refractivity contribution < 1.29 is 8.78 Å². The minimum absolute atomic E-state index is 0.0587. The van der Waals surface area contributed by atoms with Crippen molar-refractivity contribution in [1.82, 2.24) is 9.91 Å². The van der Waals surface area contributed by atoms with Gasteiger partial charge >= 0.3 is 0 Å². The summed E-state index contributed by atoms with van der Waals surface area (Å²) in [4.78, 5) is 2.01. The predicted octanol–water partition coefficient (Wildman–Crippen LogP) is 5.73. The minimum Gasteiger partial charge on any atom is -0.385 e. The van der Waals surface area contributed by atoms with E-state index in [0.717, 1.165) is 43.5 Å². The number of hydrogen-bond donors (Lipinski definition) is 2. The van der Waals surface area contributed by atoms with E-state index in [-0.39, 0.29) is 12.0 Å². The molecule has 8 heteroatoms. The smallest absolute Gasteiger partial charge is 0.262 e.